The molecular formula is C33H26BrF3N6O2. The topological polar surface area (TPSA) is 77.4 Å². The van der Waals surface area contributed by atoms with Crippen molar-refractivity contribution in [3.63, 3.8) is 0 Å². The van der Waals surface area contributed by atoms with Crippen molar-refractivity contribution in [2.45, 2.75) is 38.5 Å². The van der Waals surface area contributed by atoms with Crippen molar-refractivity contribution >= 4 is 38.5 Å². The van der Waals surface area contributed by atoms with Crippen molar-refractivity contribution in [1.82, 2.24) is 28.6 Å². The Morgan fingerprint density at radius 2 is 1.84 bits per heavy atom. The highest BCUT2D eigenvalue weighted by atomic mass is 79.9. The van der Waals surface area contributed by atoms with Crippen molar-refractivity contribution in [3.05, 3.63) is 128 Å². The molecule has 0 bridgehead atoms. The van der Waals surface area contributed by atoms with E-state index in [1.807, 2.05) is 60.1 Å². The summed E-state index contributed by atoms with van der Waals surface area (Å²) in [5.74, 6) is -0.555. The number of amides is 1. The molecule has 1 atom stereocenters. The van der Waals surface area contributed by atoms with Gasteiger partial charge in [0.15, 0.2) is 0 Å². The number of hydrogen-bond acceptors (Lipinski definition) is 4. The number of carbonyl (C=O) groups excluding carboxylic acids is 1. The zero-order chi connectivity index (χ0) is 31.6. The van der Waals surface area contributed by atoms with Gasteiger partial charge in [0.25, 0.3) is 11.5 Å². The first-order valence-corrected chi connectivity index (χ1v) is 15.1. The zero-order valence-electron chi connectivity index (χ0n) is 24.2. The van der Waals surface area contributed by atoms with Crippen LogP contribution in [0.3, 0.4) is 0 Å². The van der Waals surface area contributed by atoms with Crippen molar-refractivity contribution in [3.8, 4) is 5.69 Å². The molecule has 1 amide bonds. The molecule has 0 N–H and O–H groups in total. The highest BCUT2D eigenvalue weighted by molar-refractivity contribution is 9.10. The van der Waals surface area contributed by atoms with Gasteiger partial charge in [-0.15, -0.1) is 0 Å². The maximum absolute atomic E-state index is 14.4. The number of carbonyl (C=O) groups is 1. The van der Waals surface area contributed by atoms with Crippen LogP contribution in [-0.2, 0) is 32.6 Å². The van der Waals surface area contributed by atoms with E-state index in [0.717, 1.165) is 28.2 Å². The number of aromatic nitrogens is 5. The summed E-state index contributed by atoms with van der Waals surface area (Å²) < 4.78 is 46.0. The van der Waals surface area contributed by atoms with E-state index in [0.29, 0.717) is 29.0 Å². The summed E-state index contributed by atoms with van der Waals surface area (Å²) in [6.07, 6.45) is -0.470. The quantitative estimate of drug-likeness (QED) is 0.219. The number of alkyl halides is 3. The van der Waals surface area contributed by atoms with E-state index in [1.54, 1.807) is 28.5 Å². The molecule has 0 spiro atoms. The summed E-state index contributed by atoms with van der Waals surface area (Å²) in [7, 11) is 1.90. The van der Waals surface area contributed by atoms with Gasteiger partial charge >= 0.3 is 6.18 Å². The van der Waals surface area contributed by atoms with E-state index in [1.165, 1.54) is 17.0 Å². The van der Waals surface area contributed by atoms with Crippen LogP contribution in [0.15, 0.2) is 88.5 Å². The summed E-state index contributed by atoms with van der Waals surface area (Å²) in [5, 5.41) is 4.72. The Labute approximate surface area is 263 Å². The van der Waals surface area contributed by atoms with Crippen LogP contribution in [0.5, 0.6) is 0 Å². The Morgan fingerprint density at radius 1 is 1.07 bits per heavy atom. The fraction of sp³-hybridized carbons (Fsp3) is 0.212. The number of aryl methyl sites for hydroxylation is 1. The van der Waals surface area contributed by atoms with Crippen LogP contribution in [-0.4, -0.2) is 40.6 Å². The summed E-state index contributed by atoms with van der Waals surface area (Å²) in [6, 6.07) is 18.5. The van der Waals surface area contributed by atoms with Crippen LogP contribution < -0.4 is 5.56 Å². The Kier molecular flexibility index (Phi) is 6.92. The molecule has 3 aromatic carbocycles. The Bertz CT molecular complexity index is 2180. The van der Waals surface area contributed by atoms with E-state index in [4.69, 9.17) is 5.10 Å². The number of nitrogens with zero attached hydrogens (tertiary/aromatic N) is 6. The zero-order valence-corrected chi connectivity index (χ0v) is 25.8. The predicted octanol–water partition coefficient (Wildman–Crippen LogP) is 6.33. The van der Waals surface area contributed by atoms with Gasteiger partial charge in [-0.2, -0.15) is 18.3 Å². The van der Waals surface area contributed by atoms with Gasteiger partial charge in [0.2, 0.25) is 0 Å². The molecule has 12 heteroatoms. The smallest absolute Gasteiger partial charge is 0.334 e. The maximum Gasteiger partial charge on any atom is 0.417 e. The highest BCUT2D eigenvalue weighted by Crippen LogP contribution is 2.36. The van der Waals surface area contributed by atoms with Gasteiger partial charge in [0.05, 0.1) is 47.0 Å². The molecular weight excluding hydrogens is 649 g/mol. The van der Waals surface area contributed by atoms with Crippen molar-refractivity contribution in [2.75, 3.05) is 0 Å². The first-order valence-electron chi connectivity index (χ1n) is 14.3. The fourth-order valence-electron chi connectivity index (χ4n) is 6.14. The Morgan fingerprint density at radius 3 is 2.60 bits per heavy atom. The number of fused-ring (bicyclic) bond motifs is 4. The summed E-state index contributed by atoms with van der Waals surface area (Å²) >= 11 is 2.95. The molecule has 4 heterocycles. The SMILES string of the molecule is CC1Cc2c(n3ncc(Cc4ccccc4)c3n(-c3ccc4c(c3)ncn4C)c2=O)CN1C(=O)c1ccc(Br)c(C(F)(F)F)c1. The molecule has 45 heavy (non-hydrogen) atoms. The molecule has 8 nitrogen and oxygen atoms in total. The molecule has 1 unspecified atom stereocenters. The summed E-state index contributed by atoms with van der Waals surface area (Å²) in [5.41, 5.74) is 4.48. The van der Waals surface area contributed by atoms with Gasteiger partial charge in [0, 0.05) is 40.7 Å². The van der Waals surface area contributed by atoms with E-state index < -0.39 is 23.7 Å². The lowest BCUT2D eigenvalue weighted by molar-refractivity contribution is -0.138. The molecule has 0 fully saturated rings. The second-order valence-corrected chi connectivity index (χ2v) is 12.2. The average Bonchev–Trinajstić information content (AvgIpc) is 3.60. The van der Waals surface area contributed by atoms with Crippen molar-refractivity contribution < 1.29 is 18.0 Å². The molecule has 1 aliphatic heterocycles. The second-order valence-electron chi connectivity index (χ2n) is 11.3. The largest absolute Gasteiger partial charge is 0.417 e. The van der Waals surface area contributed by atoms with Gasteiger partial charge in [-0.25, -0.2) is 9.50 Å². The lowest BCUT2D eigenvalue weighted by Gasteiger charge is -2.35. The molecule has 7 rings (SSSR count). The third kappa shape index (κ3) is 4.93. The van der Waals surface area contributed by atoms with Crippen LogP contribution in [0.2, 0.25) is 0 Å². The number of hydrogen-bond donors (Lipinski definition) is 0. The van der Waals surface area contributed by atoms with Crippen LogP contribution in [0.4, 0.5) is 13.2 Å². The third-order valence-corrected chi connectivity index (χ3v) is 9.12. The van der Waals surface area contributed by atoms with Crippen LogP contribution in [0, 0.1) is 0 Å². The van der Waals surface area contributed by atoms with Crippen LogP contribution in [0.25, 0.3) is 22.4 Å². The van der Waals surface area contributed by atoms with Gasteiger partial charge in [-0.1, -0.05) is 46.3 Å². The van der Waals surface area contributed by atoms with Crippen LogP contribution in [0.1, 0.15) is 45.2 Å². The van der Waals surface area contributed by atoms with E-state index in [2.05, 4.69) is 20.9 Å². The monoisotopic (exact) mass is 674 g/mol. The van der Waals surface area contributed by atoms with Gasteiger partial charge in [-0.3, -0.25) is 14.2 Å². The maximum atomic E-state index is 14.4. The Hall–Kier alpha value is -4.71. The van der Waals surface area contributed by atoms with E-state index in [-0.39, 0.29) is 28.6 Å². The minimum absolute atomic E-state index is 0.00502. The highest BCUT2D eigenvalue weighted by Gasteiger charge is 2.36. The molecule has 3 aromatic heterocycles. The van der Waals surface area contributed by atoms with Gasteiger partial charge in [-0.05, 0) is 55.3 Å². The molecule has 0 saturated heterocycles. The third-order valence-electron chi connectivity index (χ3n) is 8.43. The molecule has 228 valence electrons. The number of halogens is 4. The van der Waals surface area contributed by atoms with Crippen molar-refractivity contribution in [2.24, 2.45) is 7.05 Å². The number of rotatable bonds is 4. The standard InChI is InChI=1S/C33H26BrF3N6O2/c1-19-12-24-29(17-41(19)31(44)21-8-10-26(34)25(14-21)33(35,36)37)43-30(22(16-39-43)13-20-6-4-3-5-7-20)42(32(24)45)23-9-11-28-27(15-23)38-18-40(28)2/h3-11,14-16,18-19H,12-13,17H2,1-2H3. The molecule has 6 aromatic rings. The minimum atomic E-state index is -4.63. The molecule has 0 saturated carbocycles. The van der Waals surface area contributed by atoms with E-state index in [9.17, 15) is 22.8 Å². The predicted molar refractivity (Wildman–Crippen MR) is 166 cm³/mol. The summed E-state index contributed by atoms with van der Waals surface area (Å²) in [6.45, 7) is 1.80. The van der Waals surface area contributed by atoms with E-state index >= 15 is 0 Å². The lowest BCUT2D eigenvalue weighted by atomic mass is 9.97. The molecule has 0 aliphatic carbocycles. The number of imidazole rings is 1. The normalized spacial score (nSPS) is 15.2. The molecule has 0 radical (unpaired) electrons. The fourth-order valence-corrected chi connectivity index (χ4v) is 6.61. The average molecular weight is 676 g/mol. The Balaban J connectivity index is 1.39. The first-order chi connectivity index (χ1) is 21.5. The molecule has 1 aliphatic rings. The minimum Gasteiger partial charge on any atom is -0.334 e. The van der Waals surface area contributed by atoms with Gasteiger partial charge in [0.1, 0.15) is 5.65 Å². The summed E-state index contributed by atoms with van der Waals surface area (Å²) in [4.78, 5) is 34.1. The van der Waals surface area contributed by atoms with Gasteiger partial charge < -0.3 is 9.47 Å². The first kappa shape index (κ1) is 29.0. The lowest BCUT2D eigenvalue weighted by Crippen LogP contribution is -2.46. The second kappa shape index (κ2) is 10.7. The van der Waals surface area contributed by atoms with Crippen LogP contribution >= 0.6 is 15.9 Å². The number of benzene rings is 3. The van der Waals surface area contributed by atoms with Crippen molar-refractivity contribution in [1.29, 1.82) is 0 Å².